The van der Waals surface area contributed by atoms with E-state index in [0.29, 0.717) is 5.69 Å². The number of rotatable bonds is 3. The normalized spacial score (nSPS) is 9.79. The highest BCUT2D eigenvalue weighted by Crippen LogP contribution is 2.19. The fraction of sp³-hybridized carbons (Fsp3) is 0.222. The number of anilines is 2. The van der Waals surface area contributed by atoms with Gasteiger partial charge in [0, 0.05) is 0 Å². The number of nitrogen functional groups attached to an aromatic ring is 2. The molecule has 5 heteroatoms. The second-order valence-electron chi connectivity index (χ2n) is 2.67. The van der Waals surface area contributed by atoms with Gasteiger partial charge >= 0.3 is 5.97 Å². The van der Waals surface area contributed by atoms with Crippen molar-refractivity contribution in [3.05, 3.63) is 23.8 Å². The minimum absolute atomic E-state index is 0.0485. The number of carbonyl (C=O) groups is 1. The largest absolute Gasteiger partial charge is 0.460 e. The van der Waals surface area contributed by atoms with Crippen LogP contribution >= 0.6 is 0 Å². The molecular formula is C9H12N2O3. The average Bonchev–Trinajstić information content (AvgIpc) is 2.18. The van der Waals surface area contributed by atoms with Crippen molar-refractivity contribution in [1.29, 1.82) is 0 Å². The van der Waals surface area contributed by atoms with Gasteiger partial charge in [0.1, 0.15) is 6.61 Å². The minimum atomic E-state index is -0.580. The molecule has 0 amide bonds. The Kier molecular flexibility index (Phi) is 3.30. The molecule has 0 aliphatic heterocycles. The summed E-state index contributed by atoms with van der Waals surface area (Å²) in [6, 6.07) is 4.73. The van der Waals surface area contributed by atoms with Gasteiger partial charge in [-0.1, -0.05) is 6.07 Å². The molecule has 0 aliphatic carbocycles. The molecule has 14 heavy (non-hydrogen) atoms. The monoisotopic (exact) mass is 196 g/mol. The molecular weight excluding hydrogens is 184 g/mol. The zero-order chi connectivity index (χ0) is 10.6. The fourth-order valence-corrected chi connectivity index (χ4v) is 0.977. The van der Waals surface area contributed by atoms with Crippen LogP contribution in [0.2, 0.25) is 0 Å². The number of aliphatic hydroxyl groups excluding tert-OH is 1. The molecule has 5 N–H and O–H groups in total. The van der Waals surface area contributed by atoms with Crippen molar-refractivity contribution in [2.75, 3.05) is 24.7 Å². The Morgan fingerprint density at radius 1 is 1.43 bits per heavy atom. The molecule has 5 nitrogen and oxygen atoms in total. The summed E-state index contributed by atoms with van der Waals surface area (Å²) >= 11 is 0. The molecule has 0 heterocycles. The summed E-state index contributed by atoms with van der Waals surface area (Å²) in [5.74, 6) is -0.580. The highest BCUT2D eigenvalue weighted by molar-refractivity contribution is 5.97. The van der Waals surface area contributed by atoms with E-state index in [1.807, 2.05) is 0 Å². The lowest BCUT2D eigenvalue weighted by Gasteiger charge is -2.07. The number of carbonyl (C=O) groups excluding carboxylic acids is 1. The number of para-hydroxylation sites is 1. The van der Waals surface area contributed by atoms with Crippen molar-refractivity contribution in [1.82, 2.24) is 0 Å². The van der Waals surface area contributed by atoms with E-state index in [9.17, 15) is 4.79 Å². The first-order valence-electron chi connectivity index (χ1n) is 4.08. The van der Waals surface area contributed by atoms with Crippen LogP contribution < -0.4 is 11.5 Å². The van der Waals surface area contributed by atoms with Gasteiger partial charge in [-0.25, -0.2) is 4.79 Å². The van der Waals surface area contributed by atoms with E-state index in [4.69, 9.17) is 16.6 Å². The number of ether oxygens (including phenoxy) is 1. The maximum atomic E-state index is 11.3. The second-order valence-corrected chi connectivity index (χ2v) is 2.67. The number of nitrogens with two attached hydrogens (primary N) is 2. The van der Waals surface area contributed by atoms with E-state index in [2.05, 4.69) is 4.74 Å². The van der Waals surface area contributed by atoms with Crippen molar-refractivity contribution < 1.29 is 14.6 Å². The highest BCUT2D eigenvalue weighted by atomic mass is 16.5. The van der Waals surface area contributed by atoms with E-state index < -0.39 is 5.97 Å². The van der Waals surface area contributed by atoms with Crippen molar-refractivity contribution in [3.8, 4) is 0 Å². The van der Waals surface area contributed by atoms with Crippen molar-refractivity contribution >= 4 is 17.3 Å². The van der Waals surface area contributed by atoms with Crippen molar-refractivity contribution in [2.24, 2.45) is 0 Å². The van der Waals surface area contributed by atoms with Gasteiger partial charge in [-0.2, -0.15) is 0 Å². The zero-order valence-electron chi connectivity index (χ0n) is 7.56. The lowest BCUT2D eigenvalue weighted by atomic mass is 10.1. The molecule has 1 aromatic rings. The van der Waals surface area contributed by atoms with Gasteiger partial charge in [-0.15, -0.1) is 0 Å². The second kappa shape index (κ2) is 4.48. The number of hydrogen-bond acceptors (Lipinski definition) is 5. The first-order valence-corrected chi connectivity index (χ1v) is 4.08. The molecule has 76 valence electrons. The van der Waals surface area contributed by atoms with Crippen molar-refractivity contribution in [2.45, 2.75) is 0 Å². The Labute approximate surface area is 81.3 Å². The Balaban J connectivity index is 2.84. The minimum Gasteiger partial charge on any atom is -0.460 e. The topological polar surface area (TPSA) is 98.6 Å². The zero-order valence-corrected chi connectivity index (χ0v) is 7.56. The average molecular weight is 196 g/mol. The lowest BCUT2D eigenvalue weighted by molar-refractivity contribution is 0.0435. The van der Waals surface area contributed by atoms with E-state index in [0.717, 1.165) is 0 Å². The van der Waals surface area contributed by atoms with Crippen LogP contribution in [0.1, 0.15) is 10.4 Å². The molecule has 0 atom stereocenters. The molecule has 0 spiro atoms. The van der Waals surface area contributed by atoms with Gasteiger partial charge in [-0.05, 0) is 12.1 Å². The molecule has 0 unspecified atom stereocenters. The third kappa shape index (κ3) is 2.14. The summed E-state index contributed by atoms with van der Waals surface area (Å²) in [6.07, 6.45) is 0. The van der Waals surface area contributed by atoms with Crippen LogP contribution in [0.5, 0.6) is 0 Å². The van der Waals surface area contributed by atoms with E-state index >= 15 is 0 Å². The van der Waals surface area contributed by atoms with Gasteiger partial charge in [0.05, 0.1) is 23.5 Å². The van der Waals surface area contributed by atoms with Crippen LogP contribution in [0, 0.1) is 0 Å². The van der Waals surface area contributed by atoms with E-state index in [1.165, 1.54) is 6.07 Å². The van der Waals surface area contributed by atoms with Gasteiger partial charge in [0.2, 0.25) is 0 Å². The molecule has 0 fully saturated rings. The fourth-order valence-electron chi connectivity index (χ4n) is 0.977. The first kappa shape index (κ1) is 10.3. The third-order valence-electron chi connectivity index (χ3n) is 1.68. The Bertz CT molecular complexity index is 339. The predicted molar refractivity (Wildman–Crippen MR) is 52.6 cm³/mol. The summed E-state index contributed by atoms with van der Waals surface area (Å²) in [6.45, 7) is -0.263. The maximum Gasteiger partial charge on any atom is 0.340 e. The lowest BCUT2D eigenvalue weighted by Crippen LogP contribution is -2.11. The summed E-state index contributed by atoms with van der Waals surface area (Å²) in [7, 11) is 0. The number of hydrogen-bond donors (Lipinski definition) is 3. The number of aliphatic hydroxyl groups is 1. The van der Waals surface area contributed by atoms with E-state index in [-0.39, 0.29) is 24.5 Å². The molecule has 0 radical (unpaired) electrons. The molecule has 1 rings (SSSR count). The Hall–Kier alpha value is -1.75. The molecule has 0 saturated heterocycles. The molecule has 0 bridgehead atoms. The van der Waals surface area contributed by atoms with Crippen molar-refractivity contribution in [3.63, 3.8) is 0 Å². The van der Waals surface area contributed by atoms with Crippen LogP contribution in [-0.4, -0.2) is 24.3 Å². The highest BCUT2D eigenvalue weighted by Gasteiger charge is 2.11. The first-order chi connectivity index (χ1) is 6.66. The summed E-state index contributed by atoms with van der Waals surface area (Å²) in [4.78, 5) is 11.3. The van der Waals surface area contributed by atoms with Gasteiger partial charge in [0.25, 0.3) is 0 Å². The maximum absolute atomic E-state index is 11.3. The smallest absolute Gasteiger partial charge is 0.340 e. The van der Waals surface area contributed by atoms with Crippen LogP contribution in [0.15, 0.2) is 18.2 Å². The number of benzene rings is 1. The Morgan fingerprint density at radius 2 is 2.14 bits per heavy atom. The van der Waals surface area contributed by atoms with Gasteiger partial charge < -0.3 is 21.3 Å². The molecule has 0 saturated carbocycles. The summed E-state index contributed by atoms with van der Waals surface area (Å²) < 4.78 is 4.69. The van der Waals surface area contributed by atoms with Crippen LogP contribution in [0.25, 0.3) is 0 Å². The van der Waals surface area contributed by atoms with Gasteiger partial charge in [-0.3, -0.25) is 0 Å². The summed E-state index contributed by atoms with van der Waals surface area (Å²) in [5.41, 5.74) is 11.8. The number of esters is 1. The molecule has 1 aromatic carbocycles. The quantitative estimate of drug-likeness (QED) is 0.467. The standard InChI is InChI=1S/C9H12N2O3/c10-7-3-1-2-6(8(7)11)9(13)14-5-4-12/h1-3,12H,4-5,10-11H2. The molecule has 0 aromatic heterocycles. The van der Waals surface area contributed by atoms with Crippen LogP contribution in [0.4, 0.5) is 11.4 Å². The summed E-state index contributed by atoms with van der Waals surface area (Å²) in [5, 5.41) is 8.45. The van der Waals surface area contributed by atoms with E-state index in [1.54, 1.807) is 12.1 Å². The third-order valence-corrected chi connectivity index (χ3v) is 1.68. The molecule has 0 aliphatic rings. The van der Waals surface area contributed by atoms with Crippen LogP contribution in [-0.2, 0) is 4.74 Å². The van der Waals surface area contributed by atoms with Crippen LogP contribution in [0.3, 0.4) is 0 Å². The Morgan fingerprint density at radius 3 is 2.79 bits per heavy atom. The van der Waals surface area contributed by atoms with Gasteiger partial charge in [0.15, 0.2) is 0 Å². The predicted octanol–water partition coefficient (Wildman–Crippen LogP) is 0.000100. The SMILES string of the molecule is Nc1cccc(C(=O)OCCO)c1N.